The lowest BCUT2D eigenvalue weighted by atomic mass is 10.2. The number of hydrogen-bond acceptors (Lipinski definition) is 5. The van der Waals surface area contributed by atoms with Gasteiger partial charge in [0.1, 0.15) is 12.4 Å². The molecule has 1 amide bonds. The number of benzene rings is 3. The lowest BCUT2D eigenvalue weighted by Crippen LogP contribution is -2.40. The highest BCUT2D eigenvalue weighted by atomic mass is 32.2. The molecule has 4 rings (SSSR count). The Morgan fingerprint density at radius 1 is 0.900 bits per heavy atom. The topological polar surface area (TPSA) is 93.7 Å². The smallest absolute Gasteiger partial charge is 0.269 e. The minimum atomic E-state index is -3.85. The monoisotopic (exact) mass is 428 g/mol. The van der Waals surface area contributed by atoms with Gasteiger partial charge < -0.3 is 14.8 Å². The van der Waals surface area contributed by atoms with Crippen LogP contribution >= 0.6 is 0 Å². The summed E-state index contributed by atoms with van der Waals surface area (Å²) in [5, 5.41) is 2.71. The van der Waals surface area contributed by atoms with Gasteiger partial charge in [-0.15, -0.1) is 0 Å². The normalized spacial score (nSPS) is 15.3. The van der Waals surface area contributed by atoms with Crippen molar-refractivity contribution >= 4 is 27.3 Å². The summed E-state index contributed by atoms with van der Waals surface area (Å²) in [6, 6.07) is 17.7. The van der Waals surface area contributed by atoms with E-state index in [-0.39, 0.29) is 17.4 Å². The van der Waals surface area contributed by atoms with Crippen LogP contribution < -0.4 is 19.5 Å². The van der Waals surface area contributed by atoms with E-state index in [0.29, 0.717) is 22.9 Å². The molecule has 1 atom stereocenters. The second-order valence-electron chi connectivity index (χ2n) is 6.49. The Morgan fingerprint density at radius 2 is 1.53 bits per heavy atom. The molecule has 154 valence electrons. The Bertz CT molecular complexity index is 1160. The highest BCUT2D eigenvalue weighted by Gasteiger charge is 2.27. The summed E-state index contributed by atoms with van der Waals surface area (Å²) < 4.78 is 51.3. The molecule has 1 aliphatic rings. The third kappa shape index (κ3) is 4.36. The van der Waals surface area contributed by atoms with Crippen LogP contribution in [0.4, 0.5) is 15.8 Å². The Labute approximate surface area is 172 Å². The summed E-state index contributed by atoms with van der Waals surface area (Å²) in [7, 11) is -3.85. The van der Waals surface area contributed by atoms with Crippen molar-refractivity contribution in [3.05, 3.63) is 78.6 Å². The van der Waals surface area contributed by atoms with E-state index < -0.39 is 21.9 Å². The summed E-state index contributed by atoms with van der Waals surface area (Å²) in [4.78, 5) is 12.4. The van der Waals surface area contributed by atoms with Crippen LogP contribution in [0.5, 0.6) is 11.5 Å². The van der Waals surface area contributed by atoms with Gasteiger partial charge in [0, 0.05) is 11.4 Å². The molecule has 1 heterocycles. The number of nitrogens with one attached hydrogen (secondary N) is 2. The molecular weight excluding hydrogens is 411 g/mol. The number of anilines is 2. The average molecular weight is 428 g/mol. The molecule has 0 saturated heterocycles. The van der Waals surface area contributed by atoms with Gasteiger partial charge in [0.25, 0.3) is 15.9 Å². The van der Waals surface area contributed by atoms with Crippen molar-refractivity contribution in [2.75, 3.05) is 16.6 Å². The third-order valence-electron chi connectivity index (χ3n) is 4.33. The fourth-order valence-electron chi connectivity index (χ4n) is 2.82. The van der Waals surface area contributed by atoms with Gasteiger partial charge in [0.2, 0.25) is 6.10 Å². The lowest BCUT2D eigenvalue weighted by Gasteiger charge is -2.25. The van der Waals surface area contributed by atoms with Crippen molar-refractivity contribution in [1.29, 1.82) is 0 Å². The van der Waals surface area contributed by atoms with Gasteiger partial charge in [-0.3, -0.25) is 9.52 Å². The molecule has 7 nitrogen and oxygen atoms in total. The predicted molar refractivity (Wildman–Crippen MR) is 109 cm³/mol. The van der Waals surface area contributed by atoms with E-state index in [9.17, 15) is 17.6 Å². The number of halogens is 1. The predicted octanol–water partition coefficient (Wildman–Crippen LogP) is 3.41. The number of fused-ring (bicyclic) bond motifs is 1. The summed E-state index contributed by atoms with van der Waals surface area (Å²) in [5.74, 6) is 0.169. The molecule has 0 unspecified atom stereocenters. The van der Waals surface area contributed by atoms with E-state index in [2.05, 4.69) is 10.0 Å². The van der Waals surface area contributed by atoms with E-state index >= 15 is 0 Å². The molecule has 0 bridgehead atoms. The highest BCUT2D eigenvalue weighted by molar-refractivity contribution is 7.92. The minimum absolute atomic E-state index is 0.0593. The SMILES string of the molecule is O=C(Nc1ccc(NS(=O)(=O)c2ccc(F)cc2)cc1)[C@@H]1COc2ccccc2O1. The van der Waals surface area contributed by atoms with Crippen molar-refractivity contribution in [1.82, 2.24) is 0 Å². The first kappa shape index (κ1) is 19.7. The Balaban J connectivity index is 1.39. The Hall–Kier alpha value is -3.59. The lowest BCUT2D eigenvalue weighted by molar-refractivity contribution is -0.125. The van der Waals surface area contributed by atoms with Gasteiger partial charge in [0.05, 0.1) is 4.90 Å². The Kier molecular flexibility index (Phi) is 5.28. The van der Waals surface area contributed by atoms with Gasteiger partial charge in [-0.25, -0.2) is 12.8 Å². The van der Waals surface area contributed by atoms with Crippen LogP contribution in [-0.2, 0) is 14.8 Å². The van der Waals surface area contributed by atoms with E-state index in [0.717, 1.165) is 12.1 Å². The van der Waals surface area contributed by atoms with Gasteiger partial charge in [-0.2, -0.15) is 0 Å². The largest absolute Gasteiger partial charge is 0.485 e. The van der Waals surface area contributed by atoms with Crippen molar-refractivity contribution in [3.8, 4) is 11.5 Å². The van der Waals surface area contributed by atoms with Crippen LogP contribution in [0, 0.1) is 5.82 Å². The summed E-state index contributed by atoms with van der Waals surface area (Å²) >= 11 is 0. The Morgan fingerprint density at radius 3 is 2.23 bits per heavy atom. The van der Waals surface area contributed by atoms with Gasteiger partial charge >= 0.3 is 0 Å². The first-order valence-electron chi connectivity index (χ1n) is 8.98. The van der Waals surface area contributed by atoms with Crippen molar-refractivity contribution < 1.29 is 27.1 Å². The number of rotatable bonds is 5. The van der Waals surface area contributed by atoms with Crippen LogP contribution in [-0.4, -0.2) is 27.0 Å². The molecule has 0 radical (unpaired) electrons. The summed E-state index contributed by atoms with van der Waals surface area (Å²) in [6.45, 7) is 0.0817. The number of ether oxygens (including phenoxy) is 2. The third-order valence-corrected chi connectivity index (χ3v) is 5.73. The number of sulfonamides is 1. The maximum atomic E-state index is 13.0. The number of para-hydroxylation sites is 2. The molecule has 0 saturated carbocycles. The van der Waals surface area contributed by atoms with Crippen LogP contribution in [0.15, 0.2) is 77.7 Å². The molecule has 30 heavy (non-hydrogen) atoms. The van der Waals surface area contributed by atoms with Crippen LogP contribution in [0.25, 0.3) is 0 Å². The van der Waals surface area contributed by atoms with Gasteiger partial charge in [0.15, 0.2) is 11.5 Å². The van der Waals surface area contributed by atoms with Crippen LogP contribution in [0.1, 0.15) is 0 Å². The first-order valence-corrected chi connectivity index (χ1v) is 10.5. The standard InChI is InChI=1S/C21H17FN2O5S/c22-14-5-11-17(12-6-14)30(26,27)24-16-9-7-15(8-10-16)23-21(25)20-13-28-18-3-1-2-4-19(18)29-20/h1-12,20,24H,13H2,(H,23,25)/t20-/m0/s1. The second-order valence-corrected chi connectivity index (χ2v) is 8.17. The summed E-state index contributed by atoms with van der Waals surface area (Å²) in [6.07, 6.45) is -0.809. The van der Waals surface area contributed by atoms with Crippen molar-refractivity contribution in [2.45, 2.75) is 11.0 Å². The van der Waals surface area contributed by atoms with Crippen molar-refractivity contribution in [3.63, 3.8) is 0 Å². The maximum absolute atomic E-state index is 13.0. The molecular formula is C21H17FN2O5S. The zero-order chi connectivity index (χ0) is 21.1. The van der Waals surface area contributed by atoms with Gasteiger partial charge in [-0.05, 0) is 60.7 Å². The molecule has 3 aromatic rings. The second kappa shape index (κ2) is 8.03. The molecule has 0 spiro atoms. The summed E-state index contributed by atoms with van der Waals surface area (Å²) in [5.41, 5.74) is 0.760. The quantitative estimate of drug-likeness (QED) is 0.650. The number of amides is 1. The number of hydrogen-bond donors (Lipinski definition) is 2. The van der Waals surface area contributed by atoms with Crippen LogP contribution in [0.2, 0.25) is 0 Å². The average Bonchev–Trinajstić information content (AvgIpc) is 2.75. The zero-order valence-electron chi connectivity index (χ0n) is 15.5. The minimum Gasteiger partial charge on any atom is -0.485 e. The zero-order valence-corrected chi connectivity index (χ0v) is 16.4. The van der Waals surface area contributed by atoms with E-state index in [1.807, 2.05) is 6.07 Å². The fourth-order valence-corrected chi connectivity index (χ4v) is 3.88. The molecule has 0 fully saturated rings. The fraction of sp³-hybridized carbons (Fsp3) is 0.0952. The molecule has 1 aliphatic heterocycles. The first-order chi connectivity index (χ1) is 14.4. The highest BCUT2D eigenvalue weighted by Crippen LogP contribution is 2.31. The molecule has 0 aliphatic carbocycles. The van der Waals surface area contributed by atoms with E-state index in [1.165, 1.54) is 24.3 Å². The van der Waals surface area contributed by atoms with E-state index in [1.54, 1.807) is 30.3 Å². The number of carbonyl (C=O) groups is 1. The molecule has 2 N–H and O–H groups in total. The molecule has 9 heteroatoms. The van der Waals surface area contributed by atoms with Crippen molar-refractivity contribution in [2.24, 2.45) is 0 Å². The van der Waals surface area contributed by atoms with Gasteiger partial charge in [-0.1, -0.05) is 12.1 Å². The maximum Gasteiger partial charge on any atom is 0.269 e. The number of carbonyl (C=O) groups excluding carboxylic acids is 1. The molecule has 0 aromatic heterocycles. The van der Waals surface area contributed by atoms with E-state index in [4.69, 9.17) is 9.47 Å². The van der Waals surface area contributed by atoms with Crippen LogP contribution in [0.3, 0.4) is 0 Å². The molecule has 3 aromatic carbocycles.